The van der Waals surface area contributed by atoms with Crippen LogP contribution in [0.25, 0.3) is 0 Å². The van der Waals surface area contributed by atoms with E-state index in [4.69, 9.17) is 5.11 Å². The molecule has 0 aliphatic heterocycles. The maximum atomic E-state index is 10.4. The second-order valence-electron chi connectivity index (χ2n) is 1.90. The van der Waals surface area contributed by atoms with Crippen molar-refractivity contribution in [3.63, 3.8) is 0 Å². The minimum Gasteiger partial charge on any atom is -0.477 e. The second kappa shape index (κ2) is 4.29. The van der Waals surface area contributed by atoms with Gasteiger partial charge < -0.3 is 5.11 Å². The fourth-order valence-electron chi connectivity index (χ4n) is 0.641. The van der Waals surface area contributed by atoms with Crippen LogP contribution < -0.4 is 0 Å². The highest BCUT2D eigenvalue weighted by atomic mass is 79.9. The van der Waals surface area contributed by atoms with E-state index in [0.717, 1.165) is 4.88 Å². The standard InChI is InChI=1S/C8H5BrO2S/c9-5-1-2-6-3-4-7(12-6)8(10)11/h3-4H,5H2,(H,10,11). The first-order valence-corrected chi connectivity index (χ1v) is 5.06. The summed E-state index contributed by atoms with van der Waals surface area (Å²) in [6.07, 6.45) is 0. The number of rotatable bonds is 1. The highest BCUT2D eigenvalue weighted by molar-refractivity contribution is 9.09. The number of carboxylic acids is 1. The molecular weight excluding hydrogens is 240 g/mol. The number of aromatic carboxylic acids is 1. The molecule has 0 saturated carbocycles. The maximum Gasteiger partial charge on any atom is 0.345 e. The molecule has 2 nitrogen and oxygen atoms in total. The smallest absolute Gasteiger partial charge is 0.345 e. The molecule has 62 valence electrons. The number of hydrogen-bond donors (Lipinski definition) is 1. The fraction of sp³-hybridized carbons (Fsp3) is 0.125. The minimum absolute atomic E-state index is 0.328. The summed E-state index contributed by atoms with van der Waals surface area (Å²) in [4.78, 5) is 11.6. The third-order valence-electron chi connectivity index (χ3n) is 1.10. The van der Waals surface area contributed by atoms with Crippen molar-refractivity contribution < 1.29 is 9.90 Å². The normalized spacial score (nSPS) is 8.75. The van der Waals surface area contributed by atoms with Crippen LogP contribution in [0.3, 0.4) is 0 Å². The Labute approximate surface area is 82.4 Å². The summed E-state index contributed by atoms with van der Waals surface area (Å²) in [6.45, 7) is 0. The van der Waals surface area contributed by atoms with E-state index in [2.05, 4.69) is 27.8 Å². The van der Waals surface area contributed by atoms with Gasteiger partial charge in [0, 0.05) is 0 Å². The summed E-state index contributed by atoms with van der Waals surface area (Å²) in [5.41, 5.74) is 0. The zero-order valence-electron chi connectivity index (χ0n) is 6.00. The van der Waals surface area contributed by atoms with E-state index in [1.54, 1.807) is 12.1 Å². The van der Waals surface area contributed by atoms with Crippen molar-refractivity contribution in [1.29, 1.82) is 0 Å². The lowest BCUT2D eigenvalue weighted by molar-refractivity contribution is 0.0702. The monoisotopic (exact) mass is 244 g/mol. The number of thiophene rings is 1. The Hall–Kier alpha value is -0.790. The van der Waals surface area contributed by atoms with Gasteiger partial charge in [-0.15, -0.1) is 11.3 Å². The van der Waals surface area contributed by atoms with Crippen LogP contribution in [0.2, 0.25) is 0 Å². The maximum absolute atomic E-state index is 10.4. The largest absolute Gasteiger partial charge is 0.477 e. The quantitative estimate of drug-likeness (QED) is 0.608. The Balaban J connectivity index is 2.84. The summed E-state index contributed by atoms with van der Waals surface area (Å²) in [5, 5.41) is 9.18. The molecule has 0 aromatic carbocycles. The molecule has 0 radical (unpaired) electrons. The number of hydrogen-bond acceptors (Lipinski definition) is 2. The van der Waals surface area contributed by atoms with Crippen LogP contribution >= 0.6 is 27.3 Å². The van der Waals surface area contributed by atoms with E-state index in [1.807, 2.05) is 0 Å². The van der Waals surface area contributed by atoms with Crippen molar-refractivity contribution in [1.82, 2.24) is 0 Å². The molecule has 0 unspecified atom stereocenters. The molecule has 0 aliphatic carbocycles. The zero-order chi connectivity index (χ0) is 8.97. The van der Waals surface area contributed by atoms with Gasteiger partial charge in [-0.1, -0.05) is 27.8 Å². The number of alkyl halides is 1. The Morgan fingerprint density at radius 2 is 2.42 bits per heavy atom. The highest BCUT2D eigenvalue weighted by Gasteiger charge is 2.04. The second-order valence-corrected chi connectivity index (χ2v) is 3.55. The molecule has 1 aromatic rings. The van der Waals surface area contributed by atoms with Crippen LogP contribution in [0.1, 0.15) is 14.5 Å². The first-order valence-electron chi connectivity index (χ1n) is 3.12. The molecular formula is C8H5BrO2S. The predicted molar refractivity (Wildman–Crippen MR) is 52.0 cm³/mol. The molecule has 12 heavy (non-hydrogen) atoms. The SMILES string of the molecule is O=C(O)c1ccc(C#CCBr)s1. The van der Waals surface area contributed by atoms with Crippen molar-refractivity contribution in [2.45, 2.75) is 0 Å². The number of carbonyl (C=O) groups is 1. The van der Waals surface area contributed by atoms with Crippen molar-refractivity contribution in [3.8, 4) is 11.8 Å². The van der Waals surface area contributed by atoms with Gasteiger partial charge in [0.05, 0.1) is 10.2 Å². The van der Waals surface area contributed by atoms with E-state index in [0.29, 0.717) is 10.2 Å². The molecule has 1 heterocycles. The summed E-state index contributed by atoms with van der Waals surface area (Å²) in [5.74, 6) is 4.73. The van der Waals surface area contributed by atoms with Gasteiger partial charge in [-0.05, 0) is 12.1 Å². The van der Waals surface area contributed by atoms with Gasteiger partial charge in [-0.2, -0.15) is 0 Å². The van der Waals surface area contributed by atoms with Crippen molar-refractivity contribution in [3.05, 3.63) is 21.9 Å². The fourth-order valence-corrected chi connectivity index (χ4v) is 1.50. The van der Waals surface area contributed by atoms with E-state index in [1.165, 1.54) is 11.3 Å². The Kier molecular flexibility index (Phi) is 3.32. The predicted octanol–water partition coefficient (Wildman–Crippen LogP) is 2.19. The summed E-state index contributed by atoms with van der Waals surface area (Å²) in [6, 6.07) is 3.27. The third-order valence-corrected chi connectivity index (χ3v) is 2.36. The van der Waals surface area contributed by atoms with Gasteiger partial charge in [-0.25, -0.2) is 4.79 Å². The molecule has 1 aromatic heterocycles. The molecule has 4 heteroatoms. The lowest BCUT2D eigenvalue weighted by Crippen LogP contribution is -1.89. The van der Waals surface area contributed by atoms with Gasteiger partial charge in [0.1, 0.15) is 4.88 Å². The van der Waals surface area contributed by atoms with Crippen LogP contribution in [-0.4, -0.2) is 16.4 Å². The summed E-state index contributed by atoms with van der Waals surface area (Å²) < 4.78 is 0. The first-order chi connectivity index (χ1) is 5.74. The molecule has 0 atom stereocenters. The molecule has 1 rings (SSSR count). The van der Waals surface area contributed by atoms with E-state index in [9.17, 15) is 4.79 Å². The van der Waals surface area contributed by atoms with Crippen LogP contribution in [-0.2, 0) is 0 Å². The van der Waals surface area contributed by atoms with Crippen LogP contribution in [0.5, 0.6) is 0 Å². The summed E-state index contributed by atoms with van der Waals surface area (Å²) in [7, 11) is 0. The molecule has 0 amide bonds. The van der Waals surface area contributed by atoms with Crippen molar-refractivity contribution in [2.75, 3.05) is 5.33 Å². The van der Waals surface area contributed by atoms with Crippen molar-refractivity contribution >= 4 is 33.2 Å². The zero-order valence-corrected chi connectivity index (χ0v) is 8.41. The van der Waals surface area contributed by atoms with Gasteiger partial charge in [0.2, 0.25) is 0 Å². The topological polar surface area (TPSA) is 37.3 Å². The molecule has 0 saturated heterocycles. The van der Waals surface area contributed by atoms with E-state index < -0.39 is 5.97 Å². The van der Waals surface area contributed by atoms with E-state index in [-0.39, 0.29) is 0 Å². The Morgan fingerprint density at radius 1 is 1.67 bits per heavy atom. The average Bonchev–Trinajstić information content (AvgIpc) is 2.48. The van der Waals surface area contributed by atoms with Crippen LogP contribution in [0.15, 0.2) is 12.1 Å². The molecule has 0 aliphatic rings. The summed E-state index contributed by atoms with van der Waals surface area (Å²) >= 11 is 4.34. The Morgan fingerprint density at radius 3 is 2.92 bits per heavy atom. The van der Waals surface area contributed by atoms with E-state index >= 15 is 0 Å². The molecule has 0 spiro atoms. The number of halogens is 1. The first kappa shape index (κ1) is 9.30. The molecule has 0 fully saturated rings. The Bertz CT molecular complexity index is 345. The average molecular weight is 245 g/mol. The van der Waals surface area contributed by atoms with Gasteiger partial charge in [0.25, 0.3) is 0 Å². The van der Waals surface area contributed by atoms with Gasteiger partial charge in [-0.3, -0.25) is 0 Å². The lowest BCUT2D eigenvalue weighted by Gasteiger charge is -1.80. The molecule has 0 bridgehead atoms. The van der Waals surface area contributed by atoms with Gasteiger partial charge >= 0.3 is 5.97 Å². The van der Waals surface area contributed by atoms with Crippen LogP contribution in [0, 0.1) is 11.8 Å². The molecule has 1 N–H and O–H groups in total. The number of carboxylic acid groups (broad SMARTS) is 1. The van der Waals surface area contributed by atoms with Gasteiger partial charge in [0.15, 0.2) is 0 Å². The highest BCUT2D eigenvalue weighted by Crippen LogP contribution is 2.14. The van der Waals surface area contributed by atoms with Crippen molar-refractivity contribution in [2.24, 2.45) is 0 Å². The minimum atomic E-state index is -0.896. The van der Waals surface area contributed by atoms with Crippen LogP contribution in [0.4, 0.5) is 0 Å². The third kappa shape index (κ3) is 2.36. The lowest BCUT2D eigenvalue weighted by atomic mass is 10.4.